The molecule has 1 aromatic carbocycles. The Balaban J connectivity index is 1.19. The number of Topliss-reactive ketones (excluding diaryl/α,β-unsaturated/α-hetero) is 1. The van der Waals surface area contributed by atoms with Crippen molar-refractivity contribution in [3.8, 4) is 5.75 Å². The van der Waals surface area contributed by atoms with Crippen LogP contribution in [0.5, 0.6) is 5.75 Å². The number of fused-ring (bicyclic) bond motifs is 1. The van der Waals surface area contributed by atoms with Crippen LogP contribution in [0.1, 0.15) is 82.1 Å². The van der Waals surface area contributed by atoms with Crippen LogP contribution >= 0.6 is 0 Å². The van der Waals surface area contributed by atoms with Crippen LogP contribution < -0.4 is 4.74 Å². The minimum atomic E-state index is -0.739. The van der Waals surface area contributed by atoms with Crippen LogP contribution in [0.4, 0.5) is 4.79 Å². The molecule has 0 radical (unpaired) electrons. The number of ether oxygens (including phenoxy) is 3. The molecule has 5 aliphatic rings. The molecule has 0 spiro atoms. The second kappa shape index (κ2) is 12.7. The van der Waals surface area contributed by atoms with Crippen molar-refractivity contribution in [3.63, 3.8) is 0 Å². The van der Waals surface area contributed by atoms with Crippen LogP contribution in [0.3, 0.4) is 0 Å². The third-order valence-electron chi connectivity index (χ3n) is 12.9. The molecule has 8 atom stereocenters. The van der Waals surface area contributed by atoms with Crippen LogP contribution in [0.2, 0.25) is 0 Å². The van der Waals surface area contributed by atoms with Gasteiger partial charge in [-0.1, -0.05) is 33.8 Å². The lowest BCUT2D eigenvalue weighted by Gasteiger charge is -2.61. The minimum Gasteiger partial charge on any atom is -0.494 e. The van der Waals surface area contributed by atoms with E-state index in [1.165, 1.54) is 4.90 Å². The summed E-state index contributed by atoms with van der Waals surface area (Å²) in [6.45, 7) is 17.6. The van der Waals surface area contributed by atoms with Gasteiger partial charge in [0, 0.05) is 54.9 Å². The molecule has 1 aromatic rings. The molecule has 2 heterocycles. The molecular weight excluding hydrogens is 584 g/mol. The van der Waals surface area contributed by atoms with E-state index in [0.717, 1.165) is 69.8 Å². The lowest BCUT2D eigenvalue weighted by Crippen LogP contribution is -2.63. The average Bonchev–Trinajstić information content (AvgIpc) is 3.41. The molecule has 3 saturated carbocycles. The number of ketones is 1. The summed E-state index contributed by atoms with van der Waals surface area (Å²) in [5.74, 6) is 0.245. The first-order valence-corrected chi connectivity index (χ1v) is 17.4. The van der Waals surface area contributed by atoms with E-state index in [0.29, 0.717) is 31.4 Å². The number of hydrogen-bond acceptors (Lipinski definition) is 8. The predicted molar refractivity (Wildman–Crippen MR) is 174 cm³/mol. The van der Waals surface area contributed by atoms with E-state index in [1.807, 2.05) is 13.0 Å². The molecule has 1 N–H and O–H groups in total. The first kappa shape index (κ1) is 33.2. The highest BCUT2D eigenvalue weighted by atomic mass is 16.6. The molecule has 3 aliphatic carbocycles. The number of hydrogen-bond donors (Lipinski definition) is 1. The van der Waals surface area contributed by atoms with E-state index in [-0.39, 0.29) is 41.4 Å². The largest absolute Gasteiger partial charge is 0.494 e. The number of nitrogens with zero attached hydrogens (tertiary/aromatic N) is 2. The van der Waals surface area contributed by atoms with Crippen LogP contribution in [0, 0.1) is 34.0 Å². The molecular formula is C37H52N2O7. The van der Waals surface area contributed by atoms with Gasteiger partial charge in [0.05, 0.1) is 25.9 Å². The quantitative estimate of drug-likeness (QED) is 0.318. The smallest absolute Gasteiger partial charge is 0.417 e. The Bertz CT molecular complexity index is 1360. The average molecular weight is 637 g/mol. The fraction of sp³-hybridized carbons (Fsp3) is 0.703. The van der Waals surface area contributed by atoms with Gasteiger partial charge in [-0.25, -0.2) is 9.69 Å². The third kappa shape index (κ3) is 5.50. The van der Waals surface area contributed by atoms with Gasteiger partial charge in [-0.05, 0) is 79.5 Å². The standard InChI is InChI=1S/C37H52N2O7/c1-6-35(4)23-30(36(5)24(2)10-13-37(25(3)32(35)41)14-11-29(40)31(36)37)46-34(43)39-16-12-26-22-27(8-9-28(26)33(39)42)45-19-7-15-38-17-20-44-21-18-38/h6,8-9,22,24-25,30-32,41H,1,7,10-21,23H2,2-5H3/t24-,25+,30-,31+,32+,35-,36+,37+/m1/s1. The number of imide groups is 1. The number of carbonyl (C=O) groups excluding carboxylic acids is 3. The van der Waals surface area contributed by atoms with Crippen molar-refractivity contribution in [2.24, 2.45) is 34.0 Å². The second-order valence-electron chi connectivity index (χ2n) is 15.1. The van der Waals surface area contributed by atoms with Crippen LogP contribution in [-0.4, -0.2) is 90.9 Å². The molecule has 0 aromatic heterocycles. The molecule has 2 bridgehead atoms. The van der Waals surface area contributed by atoms with Gasteiger partial charge in [0.25, 0.3) is 5.91 Å². The molecule has 0 unspecified atom stereocenters. The lowest BCUT2D eigenvalue weighted by molar-refractivity contribution is -0.192. The second-order valence-corrected chi connectivity index (χ2v) is 15.1. The van der Waals surface area contributed by atoms with Crippen LogP contribution in [0.25, 0.3) is 0 Å². The number of rotatable bonds is 7. The highest BCUT2D eigenvalue weighted by Crippen LogP contribution is 2.68. The molecule has 4 fully saturated rings. The fourth-order valence-corrected chi connectivity index (χ4v) is 9.72. The molecule has 2 aliphatic heterocycles. The lowest BCUT2D eigenvalue weighted by atomic mass is 9.44. The van der Waals surface area contributed by atoms with Gasteiger partial charge in [0.2, 0.25) is 0 Å². The van der Waals surface area contributed by atoms with E-state index >= 15 is 0 Å². The van der Waals surface area contributed by atoms with Crippen molar-refractivity contribution in [2.45, 2.75) is 84.8 Å². The summed E-state index contributed by atoms with van der Waals surface area (Å²) in [5.41, 5.74) is -0.385. The number of morpholine rings is 1. The summed E-state index contributed by atoms with van der Waals surface area (Å²) in [4.78, 5) is 44.9. The highest BCUT2D eigenvalue weighted by Gasteiger charge is 2.68. The molecule has 1 saturated heterocycles. The van der Waals surface area contributed by atoms with E-state index < -0.39 is 29.1 Å². The Hall–Kier alpha value is -2.75. The van der Waals surface area contributed by atoms with Gasteiger partial charge in [-0.15, -0.1) is 6.58 Å². The van der Waals surface area contributed by atoms with Crippen LogP contribution in [-0.2, 0) is 20.7 Å². The Morgan fingerprint density at radius 1 is 1.13 bits per heavy atom. The van der Waals surface area contributed by atoms with Crippen molar-refractivity contribution in [3.05, 3.63) is 42.0 Å². The van der Waals surface area contributed by atoms with Crippen molar-refractivity contribution >= 4 is 17.8 Å². The zero-order valence-corrected chi connectivity index (χ0v) is 28.1. The van der Waals surface area contributed by atoms with Crippen molar-refractivity contribution in [1.29, 1.82) is 0 Å². The van der Waals surface area contributed by atoms with Gasteiger partial charge in [-0.2, -0.15) is 0 Å². The minimum absolute atomic E-state index is 0.103. The summed E-state index contributed by atoms with van der Waals surface area (Å²) >= 11 is 0. The van der Waals surface area contributed by atoms with Crippen molar-refractivity contribution in [1.82, 2.24) is 9.80 Å². The molecule has 6 rings (SSSR count). The van der Waals surface area contributed by atoms with Crippen LogP contribution in [0.15, 0.2) is 30.9 Å². The zero-order valence-electron chi connectivity index (χ0n) is 28.1. The van der Waals surface area contributed by atoms with Crippen molar-refractivity contribution in [2.75, 3.05) is 46.0 Å². The Morgan fingerprint density at radius 2 is 1.89 bits per heavy atom. The van der Waals surface area contributed by atoms with Gasteiger partial charge in [0.15, 0.2) is 0 Å². The van der Waals surface area contributed by atoms with E-state index in [4.69, 9.17) is 14.2 Å². The topological polar surface area (TPSA) is 106 Å². The van der Waals surface area contributed by atoms with Gasteiger partial charge < -0.3 is 19.3 Å². The zero-order chi connectivity index (χ0) is 32.9. The highest BCUT2D eigenvalue weighted by molar-refractivity contribution is 6.05. The van der Waals surface area contributed by atoms with Gasteiger partial charge >= 0.3 is 6.09 Å². The maximum absolute atomic E-state index is 14.0. The third-order valence-corrected chi connectivity index (χ3v) is 12.9. The first-order valence-electron chi connectivity index (χ1n) is 17.4. The maximum Gasteiger partial charge on any atom is 0.417 e. The monoisotopic (exact) mass is 636 g/mol. The SMILES string of the molecule is C=C[C@]1(C)C[C@@H](OC(=O)N2CCc3cc(OCCCN4CCOCC4)ccc3C2=O)[C@]2(C)[C@H](C)CC[C@]3(CCC(=O)[C@H]32)[C@@H](C)[C@@H]1O. The molecule has 9 heteroatoms. The summed E-state index contributed by atoms with van der Waals surface area (Å²) in [7, 11) is 0. The summed E-state index contributed by atoms with van der Waals surface area (Å²) in [6, 6.07) is 5.45. The molecule has 2 amide bonds. The molecule has 252 valence electrons. The van der Waals surface area contributed by atoms with E-state index in [2.05, 4.69) is 32.3 Å². The number of amides is 2. The number of benzene rings is 1. The molecule has 46 heavy (non-hydrogen) atoms. The normalized spacial score (nSPS) is 37.9. The van der Waals surface area contributed by atoms with E-state index in [9.17, 15) is 19.5 Å². The van der Waals surface area contributed by atoms with Gasteiger partial charge in [-0.3, -0.25) is 14.5 Å². The summed E-state index contributed by atoms with van der Waals surface area (Å²) < 4.78 is 17.8. The Labute approximate surface area is 273 Å². The maximum atomic E-state index is 14.0. The number of carbonyl (C=O) groups is 3. The van der Waals surface area contributed by atoms with E-state index in [1.54, 1.807) is 18.2 Å². The Morgan fingerprint density at radius 3 is 2.63 bits per heavy atom. The fourth-order valence-electron chi connectivity index (χ4n) is 9.72. The summed E-state index contributed by atoms with van der Waals surface area (Å²) in [5, 5.41) is 11.8. The Kier molecular flexibility index (Phi) is 9.15. The number of aliphatic hydroxyl groups is 1. The van der Waals surface area contributed by atoms with Crippen molar-refractivity contribution < 1.29 is 33.7 Å². The molecule has 9 nitrogen and oxygen atoms in total. The predicted octanol–water partition coefficient (Wildman–Crippen LogP) is 5.29. The first-order chi connectivity index (χ1) is 21.9. The summed E-state index contributed by atoms with van der Waals surface area (Å²) in [6.07, 6.45) is 4.42. The van der Waals surface area contributed by atoms with Gasteiger partial charge in [0.1, 0.15) is 17.6 Å². The number of aliphatic hydroxyl groups excluding tert-OH is 1.